The lowest BCUT2D eigenvalue weighted by atomic mass is 9.66. The highest BCUT2D eigenvalue weighted by molar-refractivity contribution is 4.99. The van der Waals surface area contributed by atoms with Crippen LogP contribution in [0, 0.1) is 28.6 Å². The quantitative estimate of drug-likeness (QED) is 0.741. The summed E-state index contributed by atoms with van der Waals surface area (Å²) in [7, 11) is 1.72. The molecule has 0 radical (unpaired) electrons. The average Bonchev–Trinajstić information content (AvgIpc) is 2.43. The minimum absolute atomic E-state index is 0.0222. The molecule has 3 atom stereocenters. The third kappa shape index (κ3) is 5.18. The SMILES string of the molecule is CCC(C)(C)C1CCC(C#N)C(N(C)CCC(F)(F)F)C1. The van der Waals surface area contributed by atoms with Crippen LogP contribution in [0.3, 0.4) is 0 Å². The van der Waals surface area contributed by atoms with E-state index in [1.165, 1.54) is 0 Å². The Morgan fingerprint density at radius 1 is 1.24 bits per heavy atom. The molecular formula is C16H27F3N2. The van der Waals surface area contributed by atoms with Gasteiger partial charge in [-0.2, -0.15) is 18.4 Å². The van der Waals surface area contributed by atoms with Crippen LogP contribution in [0.2, 0.25) is 0 Å². The molecule has 1 saturated carbocycles. The largest absolute Gasteiger partial charge is 0.390 e. The molecule has 122 valence electrons. The summed E-state index contributed by atoms with van der Waals surface area (Å²) >= 11 is 0. The van der Waals surface area contributed by atoms with Gasteiger partial charge in [0.15, 0.2) is 0 Å². The molecule has 0 aromatic rings. The molecule has 0 aliphatic heterocycles. The van der Waals surface area contributed by atoms with Gasteiger partial charge in [0.2, 0.25) is 0 Å². The molecule has 1 aliphatic rings. The van der Waals surface area contributed by atoms with Crippen LogP contribution in [0.4, 0.5) is 13.2 Å². The maximum absolute atomic E-state index is 12.4. The fraction of sp³-hybridized carbons (Fsp3) is 0.938. The molecule has 1 aliphatic carbocycles. The summed E-state index contributed by atoms with van der Waals surface area (Å²) in [6.07, 6.45) is -1.26. The van der Waals surface area contributed by atoms with Crippen molar-refractivity contribution in [2.75, 3.05) is 13.6 Å². The zero-order valence-corrected chi connectivity index (χ0v) is 13.5. The van der Waals surface area contributed by atoms with Crippen LogP contribution < -0.4 is 0 Å². The average molecular weight is 304 g/mol. The van der Waals surface area contributed by atoms with Crippen LogP contribution in [0.5, 0.6) is 0 Å². The Morgan fingerprint density at radius 2 is 1.86 bits per heavy atom. The molecular weight excluding hydrogens is 277 g/mol. The molecule has 1 fully saturated rings. The van der Waals surface area contributed by atoms with E-state index in [0.717, 1.165) is 25.7 Å². The highest BCUT2D eigenvalue weighted by atomic mass is 19.4. The fourth-order valence-electron chi connectivity index (χ4n) is 3.25. The van der Waals surface area contributed by atoms with Crippen LogP contribution in [-0.2, 0) is 0 Å². The molecule has 2 nitrogen and oxygen atoms in total. The predicted molar refractivity (Wildman–Crippen MR) is 77.6 cm³/mol. The van der Waals surface area contributed by atoms with Crippen molar-refractivity contribution in [2.24, 2.45) is 17.3 Å². The van der Waals surface area contributed by atoms with E-state index in [-0.39, 0.29) is 23.9 Å². The smallest absolute Gasteiger partial charge is 0.302 e. The van der Waals surface area contributed by atoms with Crippen molar-refractivity contribution in [1.82, 2.24) is 4.90 Å². The Balaban J connectivity index is 2.73. The number of rotatable bonds is 5. The number of nitriles is 1. The van der Waals surface area contributed by atoms with E-state index in [0.29, 0.717) is 5.92 Å². The Hall–Kier alpha value is -0.760. The van der Waals surface area contributed by atoms with Crippen molar-refractivity contribution in [3.63, 3.8) is 0 Å². The summed E-state index contributed by atoms with van der Waals surface area (Å²) < 4.78 is 37.2. The van der Waals surface area contributed by atoms with E-state index < -0.39 is 12.6 Å². The summed E-state index contributed by atoms with van der Waals surface area (Å²) in [4.78, 5) is 1.75. The molecule has 0 spiro atoms. The van der Waals surface area contributed by atoms with Gasteiger partial charge < -0.3 is 4.90 Å². The third-order valence-corrected chi connectivity index (χ3v) is 5.31. The molecule has 1 rings (SSSR count). The molecule has 0 aromatic heterocycles. The third-order valence-electron chi connectivity index (χ3n) is 5.31. The molecule has 0 N–H and O–H groups in total. The molecule has 3 unspecified atom stereocenters. The molecule has 0 bridgehead atoms. The van der Waals surface area contributed by atoms with Gasteiger partial charge in [-0.1, -0.05) is 27.2 Å². The van der Waals surface area contributed by atoms with E-state index in [1.807, 2.05) is 0 Å². The van der Waals surface area contributed by atoms with Crippen molar-refractivity contribution >= 4 is 0 Å². The standard InChI is InChI=1S/C16H27F3N2/c1-5-15(2,3)13-7-6-12(11-20)14(10-13)21(4)9-8-16(17,18)19/h12-14H,5-10H2,1-4H3. The molecule has 21 heavy (non-hydrogen) atoms. The molecule has 0 aromatic carbocycles. The van der Waals surface area contributed by atoms with Gasteiger partial charge in [-0.25, -0.2) is 0 Å². The molecule has 0 amide bonds. The van der Waals surface area contributed by atoms with Crippen LogP contribution in [-0.4, -0.2) is 30.7 Å². The summed E-state index contributed by atoms with van der Waals surface area (Å²) in [5.41, 5.74) is 0.184. The fourth-order valence-corrected chi connectivity index (χ4v) is 3.25. The van der Waals surface area contributed by atoms with Crippen molar-refractivity contribution < 1.29 is 13.2 Å². The lowest BCUT2D eigenvalue weighted by Gasteiger charge is -2.44. The number of nitrogens with zero attached hydrogens (tertiary/aromatic N) is 2. The second-order valence-corrected chi connectivity index (χ2v) is 7.00. The van der Waals surface area contributed by atoms with Crippen molar-refractivity contribution in [2.45, 2.75) is 65.1 Å². The van der Waals surface area contributed by atoms with E-state index in [4.69, 9.17) is 0 Å². The van der Waals surface area contributed by atoms with Gasteiger partial charge in [0.05, 0.1) is 18.4 Å². The Bertz CT molecular complexity index is 371. The summed E-state index contributed by atoms with van der Waals surface area (Å²) in [6, 6.07) is 2.25. The van der Waals surface area contributed by atoms with Crippen molar-refractivity contribution in [3.05, 3.63) is 0 Å². The number of alkyl halides is 3. The first-order valence-electron chi connectivity index (χ1n) is 7.77. The molecule has 0 saturated heterocycles. The van der Waals surface area contributed by atoms with Crippen molar-refractivity contribution in [3.8, 4) is 6.07 Å². The zero-order valence-electron chi connectivity index (χ0n) is 13.5. The highest BCUT2D eigenvalue weighted by Crippen LogP contribution is 2.43. The normalized spacial score (nSPS) is 27.7. The van der Waals surface area contributed by atoms with Gasteiger partial charge in [-0.05, 0) is 37.6 Å². The summed E-state index contributed by atoms with van der Waals surface area (Å²) in [5.74, 6) is 0.331. The first-order valence-corrected chi connectivity index (χ1v) is 7.77. The van der Waals surface area contributed by atoms with Gasteiger partial charge in [0, 0.05) is 12.6 Å². The van der Waals surface area contributed by atoms with Gasteiger partial charge in [0.1, 0.15) is 0 Å². The Kier molecular flexibility index (Phi) is 6.10. The topological polar surface area (TPSA) is 27.0 Å². The van der Waals surface area contributed by atoms with Crippen molar-refractivity contribution in [1.29, 1.82) is 5.26 Å². The van der Waals surface area contributed by atoms with E-state index >= 15 is 0 Å². The van der Waals surface area contributed by atoms with Crippen LogP contribution in [0.1, 0.15) is 52.9 Å². The van der Waals surface area contributed by atoms with Gasteiger partial charge in [-0.3, -0.25) is 0 Å². The minimum atomic E-state index is -4.13. The van der Waals surface area contributed by atoms with Crippen LogP contribution in [0.15, 0.2) is 0 Å². The van der Waals surface area contributed by atoms with E-state index in [1.54, 1.807) is 11.9 Å². The maximum Gasteiger partial charge on any atom is 0.390 e. The second kappa shape index (κ2) is 7.00. The number of hydrogen-bond acceptors (Lipinski definition) is 2. The van der Waals surface area contributed by atoms with Crippen LogP contribution in [0.25, 0.3) is 0 Å². The van der Waals surface area contributed by atoms with E-state index in [2.05, 4.69) is 26.8 Å². The lowest BCUT2D eigenvalue weighted by Crippen LogP contribution is -2.45. The van der Waals surface area contributed by atoms with Gasteiger partial charge in [0.25, 0.3) is 0 Å². The lowest BCUT2D eigenvalue weighted by molar-refractivity contribution is -0.139. The van der Waals surface area contributed by atoms with E-state index in [9.17, 15) is 18.4 Å². The maximum atomic E-state index is 12.4. The summed E-state index contributed by atoms with van der Waals surface area (Å²) in [6.45, 7) is 6.57. The van der Waals surface area contributed by atoms with Gasteiger partial charge in [-0.15, -0.1) is 0 Å². The minimum Gasteiger partial charge on any atom is -0.302 e. The predicted octanol–water partition coefficient (Wildman–Crippen LogP) is 4.62. The first kappa shape index (κ1) is 18.3. The Morgan fingerprint density at radius 3 is 2.33 bits per heavy atom. The highest BCUT2D eigenvalue weighted by Gasteiger charge is 2.39. The zero-order chi connectivity index (χ0) is 16.3. The van der Waals surface area contributed by atoms with Crippen LogP contribution >= 0.6 is 0 Å². The second-order valence-electron chi connectivity index (χ2n) is 7.00. The molecule has 5 heteroatoms. The first-order chi connectivity index (χ1) is 9.60. The molecule has 0 heterocycles. The summed E-state index contributed by atoms with van der Waals surface area (Å²) in [5, 5.41) is 9.29. The number of halogens is 3. The Labute approximate surface area is 126 Å². The van der Waals surface area contributed by atoms with Gasteiger partial charge >= 0.3 is 6.18 Å². The monoisotopic (exact) mass is 304 g/mol. The number of hydrogen-bond donors (Lipinski definition) is 0.